The summed E-state index contributed by atoms with van der Waals surface area (Å²) < 4.78 is 57.2. The molecule has 0 radical (unpaired) electrons. The molecule has 0 fully saturated rings. The molecule has 0 saturated heterocycles. The van der Waals surface area contributed by atoms with Crippen molar-refractivity contribution < 1.29 is 25.7 Å². The van der Waals surface area contributed by atoms with Gasteiger partial charge < -0.3 is 8.83 Å². The van der Waals surface area contributed by atoms with Crippen LogP contribution in [0.2, 0.25) is 0 Å². The highest BCUT2D eigenvalue weighted by Crippen LogP contribution is 2.27. The Morgan fingerprint density at radius 1 is 0.703 bits per heavy atom. The molecule has 0 aliphatic carbocycles. The normalized spacial score (nSPS) is 9.97. The van der Waals surface area contributed by atoms with E-state index < -0.39 is 21.0 Å². The van der Waals surface area contributed by atoms with E-state index in [-0.39, 0.29) is 0 Å². The Morgan fingerprint density at radius 2 is 1.22 bits per heavy atom. The molecule has 0 aliphatic rings. The highest BCUT2D eigenvalue weighted by molar-refractivity contribution is 7.60. The van der Waals surface area contributed by atoms with E-state index in [4.69, 9.17) is 35.2 Å². The van der Waals surface area contributed by atoms with Crippen molar-refractivity contribution >= 4 is 42.9 Å². The first-order valence-electron chi connectivity index (χ1n) is 12.1. The number of unbranched alkanes of at least 4 members (excludes halogenated alkanes) is 2. The highest BCUT2D eigenvalue weighted by atomic mass is 32.2. The van der Waals surface area contributed by atoms with Crippen molar-refractivity contribution in [1.82, 2.24) is 0 Å². The van der Waals surface area contributed by atoms with Crippen LogP contribution in [-0.2, 0) is 33.8 Å². The van der Waals surface area contributed by atoms with Gasteiger partial charge in [0.15, 0.2) is 0 Å². The van der Waals surface area contributed by atoms with Gasteiger partial charge in [0.1, 0.15) is 22.7 Å². The lowest BCUT2D eigenvalue weighted by Crippen LogP contribution is -1.83. The van der Waals surface area contributed by atoms with E-state index in [1.807, 2.05) is 0 Å². The molecule has 2 heterocycles. The summed E-state index contributed by atoms with van der Waals surface area (Å²) in [5, 5.41) is 2.51. The van der Waals surface area contributed by atoms with E-state index in [1.165, 1.54) is 53.1 Å². The predicted octanol–water partition coefficient (Wildman–Crippen LogP) is 7.73. The summed E-state index contributed by atoms with van der Waals surface area (Å²) in [4.78, 5) is 0. The predicted molar refractivity (Wildman–Crippen MR) is 147 cm³/mol. The first-order chi connectivity index (χ1) is 17.5. The second-order valence-electron chi connectivity index (χ2n) is 8.58. The minimum atomic E-state index is -2.61. The van der Waals surface area contributed by atoms with Crippen molar-refractivity contribution in [3.05, 3.63) is 70.7 Å². The molecule has 0 saturated carbocycles. The monoisotopic (exact) mass is 548 g/mol. The van der Waals surface area contributed by atoms with Gasteiger partial charge in [-0.05, 0) is 69.5 Å². The van der Waals surface area contributed by atoms with Gasteiger partial charge in [0.25, 0.3) is 0 Å². The molecule has 202 valence electrons. The molecule has 4 aromatic rings. The standard InChI is InChI=1S/C14H18O.C13H16O.2HNO2S/c1-4-5-6-13-11(3)12-9-10(2)7-8-14(12)15-13;1-3-4-5-12-9-11-8-10(2)6-7-13(11)14-12;2*1-4(2)3/h7-9H,4-6H2,1-3H3;6-9H,3-5H2,1-2H3;2*1H. The fraction of sp³-hybridized carbons (Fsp3) is 0.407. The zero-order valence-electron chi connectivity index (χ0n) is 22.1. The fourth-order valence-corrected chi connectivity index (χ4v) is 3.65. The third-order valence-corrected chi connectivity index (χ3v) is 5.45. The number of hydrogen-bond acceptors (Lipinski definition) is 8. The van der Waals surface area contributed by atoms with Gasteiger partial charge in [-0.1, -0.05) is 49.9 Å². The van der Waals surface area contributed by atoms with Gasteiger partial charge in [-0.3, -0.25) is 0 Å². The minimum absolute atomic E-state index is 1.02. The van der Waals surface area contributed by atoms with Crippen molar-refractivity contribution in [3.8, 4) is 0 Å². The number of nitrogens with one attached hydrogen (secondary N) is 2. The van der Waals surface area contributed by atoms with E-state index in [0.29, 0.717) is 0 Å². The third-order valence-electron chi connectivity index (χ3n) is 5.45. The van der Waals surface area contributed by atoms with Crippen LogP contribution in [0.25, 0.3) is 21.9 Å². The molecule has 0 bridgehead atoms. The minimum Gasteiger partial charge on any atom is -0.461 e. The summed E-state index contributed by atoms with van der Waals surface area (Å²) in [6.45, 7) is 10.8. The van der Waals surface area contributed by atoms with Gasteiger partial charge in [-0.2, -0.15) is 26.4 Å². The maximum absolute atomic E-state index is 8.67. The molecule has 2 aromatic heterocycles. The van der Waals surface area contributed by atoms with Gasteiger partial charge in [-0.15, -0.1) is 0 Å². The average Bonchev–Trinajstić information content (AvgIpc) is 3.36. The number of furan rings is 2. The quantitative estimate of drug-likeness (QED) is 0.252. The van der Waals surface area contributed by atoms with Gasteiger partial charge in [0, 0.05) is 23.6 Å². The zero-order chi connectivity index (χ0) is 28.0. The molecule has 0 atom stereocenters. The molecule has 0 aliphatic heterocycles. The lowest BCUT2D eigenvalue weighted by molar-refractivity contribution is 0.533. The lowest BCUT2D eigenvalue weighted by atomic mass is 10.1. The lowest BCUT2D eigenvalue weighted by Gasteiger charge is -1.95. The summed E-state index contributed by atoms with van der Waals surface area (Å²) in [5.74, 6) is 2.28. The van der Waals surface area contributed by atoms with Gasteiger partial charge in [-0.25, -0.2) is 0 Å². The van der Waals surface area contributed by atoms with Gasteiger partial charge in [0.2, 0.25) is 0 Å². The Bertz CT molecular complexity index is 1460. The summed E-state index contributed by atoms with van der Waals surface area (Å²) in [5.41, 5.74) is 5.96. The van der Waals surface area contributed by atoms with Crippen LogP contribution in [0.15, 0.2) is 51.3 Å². The molecule has 0 amide bonds. The Balaban J connectivity index is 0.000000289. The zero-order valence-corrected chi connectivity index (χ0v) is 23.7. The fourth-order valence-electron chi connectivity index (χ4n) is 3.65. The third kappa shape index (κ3) is 12.0. The molecular formula is C27H36N2O6S2. The van der Waals surface area contributed by atoms with E-state index in [0.717, 1.165) is 35.5 Å². The van der Waals surface area contributed by atoms with E-state index in [9.17, 15) is 0 Å². The van der Waals surface area contributed by atoms with Crippen LogP contribution >= 0.6 is 0 Å². The van der Waals surface area contributed by atoms with Crippen LogP contribution in [-0.4, -0.2) is 16.8 Å². The molecule has 8 nitrogen and oxygen atoms in total. The number of rotatable bonds is 6. The topological polar surface area (TPSA) is 142 Å². The molecule has 0 unspecified atom stereocenters. The molecule has 0 spiro atoms. The summed E-state index contributed by atoms with van der Waals surface area (Å²) in [7, 11) is -5.22. The van der Waals surface area contributed by atoms with Crippen molar-refractivity contribution in [2.24, 2.45) is 0 Å². The second kappa shape index (κ2) is 16.5. The second-order valence-corrected chi connectivity index (χ2v) is 9.52. The number of fused-ring (bicyclic) bond motifs is 2. The van der Waals surface area contributed by atoms with Crippen LogP contribution in [0.5, 0.6) is 0 Å². The van der Waals surface area contributed by atoms with Crippen LogP contribution in [0.3, 0.4) is 0 Å². The summed E-state index contributed by atoms with van der Waals surface area (Å²) in [6, 6.07) is 14.9. The Morgan fingerprint density at radius 3 is 1.78 bits per heavy atom. The van der Waals surface area contributed by atoms with Crippen LogP contribution < -0.4 is 0 Å². The maximum Gasteiger partial charge on any atom is 0.308 e. The molecule has 4 rings (SSSR count). The number of aryl methyl sites for hydroxylation is 5. The largest absolute Gasteiger partial charge is 0.461 e. The summed E-state index contributed by atoms with van der Waals surface area (Å²) >= 11 is 0. The van der Waals surface area contributed by atoms with Crippen molar-refractivity contribution in [2.75, 3.05) is 0 Å². The van der Waals surface area contributed by atoms with Crippen LogP contribution in [0, 0.1) is 30.3 Å². The number of hydrogen-bond donors (Lipinski definition) is 2. The van der Waals surface area contributed by atoms with Gasteiger partial charge >= 0.3 is 21.0 Å². The van der Waals surface area contributed by atoms with Gasteiger partial charge in [0.05, 0.1) is 0 Å². The first kappa shape index (κ1) is 31.8. The van der Waals surface area contributed by atoms with Crippen molar-refractivity contribution in [3.63, 3.8) is 0 Å². The van der Waals surface area contributed by atoms with Crippen molar-refractivity contribution in [1.29, 1.82) is 9.56 Å². The molecule has 2 N–H and O–H groups in total. The van der Waals surface area contributed by atoms with E-state index >= 15 is 0 Å². The van der Waals surface area contributed by atoms with Crippen LogP contribution in [0.1, 0.15) is 67.7 Å². The number of benzene rings is 2. The van der Waals surface area contributed by atoms with Crippen molar-refractivity contribution in [2.45, 2.75) is 73.1 Å². The highest BCUT2D eigenvalue weighted by Gasteiger charge is 2.09. The smallest absolute Gasteiger partial charge is 0.308 e. The molecule has 37 heavy (non-hydrogen) atoms. The molecule has 2 aromatic carbocycles. The van der Waals surface area contributed by atoms with E-state index in [2.05, 4.69) is 77.1 Å². The Labute approximate surface area is 221 Å². The average molecular weight is 549 g/mol. The van der Waals surface area contributed by atoms with Crippen LogP contribution in [0.4, 0.5) is 0 Å². The first-order valence-corrected chi connectivity index (χ1v) is 14.2. The Kier molecular flexibility index (Phi) is 14.2. The molecule has 10 heteroatoms. The SMILES string of the molecule is CCCCc1cc2cc(C)ccc2o1.CCCCc1oc2ccc(C)cc2c1C.N=S(=O)=O.N=S(=O)=O. The van der Waals surface area contributed by atoms with E-state index in [1.54, 1.807) is 0 Å². The maximum atomic E-state index is 8.67. The molecular weight excluding hydrogens is 512 g/mol. The summed E-state index contributed by atoms with van der Waals surface area (Å²) in [6.07, 6.45) is 6.98. The Hall–Kier alpha value is -3.24.